The Kier molecular flexibility index (Phi) is 8.17. The van der Waals surface area contributed by atoms with Crippen LogP contribution in [0.2, 0.25) is 0 Å². The lowest BCUT2D eigenvalue weighted by atomic mass is 10.0. The van der Waals surface area contributed by atoms with E-state index in [0.717, 1.165) is 40.3 Å². The monoisotopic (exact) mass is 460 g/mol. The normalized spacial score (nSPS) is 16.1. The van der Waals surface area contributed by atoms with Crippen molar-refractivity contribution >= 4 is 5.71 Å². The molecule has 2 unspecified atom stereocenters. The number of nitrogens with zero attached hydrogens (tertiary/aromatic N) is 2. The van der Waals surface area contributed by atoms with Gasteiger partial charge in [0.25, 0.3) is 0 Å². The molecule has 34 heavy (non-hydrogen) atoms. The minimum atomic E-state index is -0.652. The summed E-state index contributed by atoms with van der Waals surface area (Å²) >= 11 is 0. The van der Waals surface area contributed by atoms with Crippen LogP contribution in [0.15, 0.2) is 84.0 Å². The first-order chi connectivity index (χ1) is 16.6. The standard InChI is InChI=1S/C28H32N2O4/c1-21-9-6-7-14-28(21)33-20-24(31)18-30(17-22-10-8-13-25(15-22)32-2)19-26-16-27(29-34-26)23-11-4-3-5-12-23/h3-15,24,26,31H,16-20H2,1-2H3. The van der Waals surface area contributed by atoms with Crippen molar-refractivity contribution in [1.82, 2.24) is 4.90 Å². The van der Waals surface area contributed by atoms with E-state index in [2.05, 4.69) is 16.1 Å². The Morgan fingerprint density at radius 1 is 1.06 bits per heavy atom. The summed E-state index contributed by atoms with van der Waals surface area (Å²) in [6.07, 6.45) is 0.000427. The van der Waals surface area contributed by atoms with Crippen molar-refractivity contribution < 1.29 is 19.4 Å². The minimum Gasteiger partial charge on any atom is -0.497 e. The average Bonchev–Trinajstić information content (AvgIpc) is 3.32. The summed E-state index contributed by atoms with van der Waals surface area (Å²) < 4.78 is 11.3. The summed E-state index contributed by atoms with van der Waals surface area (Å²) in [6, 6.07) is 25.9. The number of oxime groups is 1. The maximum Gasteiger partial charge on any atom is 0.145 e. The SMILES string of the molecule is COc1cccc(CN(CC(O)COc2ccccc2C)CC2CC(c3ccccc3)=NO2)c1. The lowest BCUT2D eigenvalue weighted by molar-refractivity contribution is 0.0212. The third-order valence-corrected chi connectivity index (χ3v) is 5.84. The second kappa shape index (κ2) is 11.7. The number of ether oxygens (including phenoxy) is 2. The molecular formula is C28H32N2O4. The first kappa shape index (κ1) is 23.8. The summed E-state index contributed by atoms with van der Waals surface area (Å²) in [5, 5.41) is 15.1. The molecule has 4 rings (SSSR count). The summed E-state index contributed by atoms with van der Waals surface area (Å²) in [7, 11) is 1.67. The van der Waals surface area contributed by atoms with Crippen molar-refractivity contribution in [2.24, 2.45) is 5.16 Å². The Balaban J connectivity index is 1.39. The second-order valence-corrected chi connectivity index (χ2v) is 8.61. The zero-order valence-electron chi connectivity index (χ0n) is 19.8. The Morgan fingerprint density at radius 2 is 1.85 bits per heavy atom. The van der Waals surface area contributed by atoms with Gasteiger partial charge in [0.05, 0.1) is 12.8 Å². The smallest absolute Gasteiger partial charge is 0.145 e. The van der Waals surface area contributed by atoms with Gasteiger partial charge in [-0.15, -0.1) is 0 Å². The Bertz CT molecular complexity index is 1090. The molecule has 1 heterocycles. The third-order valence-electron chi connectivity index (χ3n) is 5.84. The highest BCUT2D eigenvalue weighted by atomic mass is 16.6. The van der Waals surface area contributed by atoms with Gasteiger partial charge in [0.1, 0.15) is 30.3 Å². The summed E-state index contributed by atoms with van der Waals surface area (Å²) in [5.41, 5.74) is 4.19. The topological polar surface area (TPSA) is 63.5 Å². The van der Waals surface area contributed by atoms with Gasteiger partial charge >= 0.3 is 0 Å². The molecule has 0 radical (unpaired) electrons. The zero-order valence-corrected chi connectivity index (χ0v) is 19.8. The quantitative estimate of drug-likeness (QED) is 0.458. The molecule has 0 aromatic heterocycles. The number of aliphatic hydroxyl groups is 1. The molecule has 0 saturated heterocycles. The van der Waals surface area contributed by atoms with Gasteiger partial charge in [0, 0.05) is 26.1 Å². The number of methoxy groups -OCH3 is 1. The van der Waals surface area contributed by atoms with Gasteiger partial charge in [-0.3, -0.25) is 4.90 Å². The first-order valence-electron chi connectivity index (χ1n) is 11.6. The second-order valence-electron chi connectivity index (χ2n) is 8.61. The lowest BCUT2D eigenvalue weighted by Gasteiger charge is -2.27. The molecule has 0 aliphatic carbocycles. The van der Waals surface area contributed by atoms with E-state index < -0.39 is 6.10 Å². The molecule has 6 heteroatoms. The molecule has 1 aliphatic heterocycles. The van der Waals surface area contributed by atoms with Gasteiger partial charge in [-0.25, -0.2) is 0 Å². The first-order valence-corrected chi connectivity index (χ1v) is 11.6. The highest BCUT2D eigenvalue weighted by Crippen LogP contribution is 2.21. The van der Waals surface area contributed by atoms with E-state index in [1.54, 1.807) is 7.11 Å². The zero-order chi connectivity index (χ0) is 23.8. The maximum absolute atomic E-state index is 10.8. The number of rotatable bonds is 11. The van der Waals surface area contributed by atoms with Gasteiger partial charge in [-0.1, -0.05) is 65.8 Å². The van der Waals surface area contributed by atoms with Crippen LogP contribution < -0.4 is 9.47 Å². The fourth-order valence-corrected chi connectivity index (χ4v) is 4.10. The van der Waals surface area contributed by atoms with Gasteiger partial charge in [-0.05, 0) is 41.8 Å². The van der Waals surface area contributed by atoms with E-state index in [0.29, 0.717) is 19.6 Å². The lowest BCUT2D eigenvalue weighted by Crippen LogP contribution is -2.39. The Morgan fingerprint density at radius 3 is 2.65 bits per heavy atom. The molecule has 2 atom stereocenters. The van der Waals surface area contributed by atoms with Gasteiger partial charge in [0.2, 0.25) is 0 Å². The van der Waals surface area contributed by atoms with Crippen LogP contribution in [-0.2, 0) is 11.4 Å². The average molecular weight is 461 g/mol. The molecule has 3 aromatic rings. The number of para-hydroxylation sites is 1. The molecule has 0 fully saturated rings. The summed E-state index contributed by atoms with van der Waals surface area (Å²) in [5.74, 6) is 1.61. The van der Waals surface area contributed by atoms with Crippen LogP contribution in [0.3, 0.4) is 0 Å². The maximum atomic E-state index is 10.8. The van der Waals surface area contributed by atoms with Crippen molar-refractivity contribution in [3.8, 4) is 11.5 Å². The van der Waals surface area contributed by atoms with Crippen LogP contribution >= 0.6 is 0 Å². The van der Waals surface area contributed by atoms with Gasteiger partial charge in [-0.2, -0.15) is 0 Å². The molecule has 6 nitrogen and oxygen atoms in total. The Labute approximate surface area is 201 Å². The van der Waals surface area contributed by atoms with E-state index in [9.17, 15) is 5.11 Å². The molecule has 0 amide bonds. The van der Waals surface area contributed by atoms with E-state index >= 15 is 0 Å². The van der Waals surface area contributed by atoms with E-state index in [4.69, 9.17) is 14.3 Å². The predicted molar refractivity (Wildman–Crippen MR) is 133 cm³/mol. The number of benzene rings is 3. The van der Waals surface area contributed by atoms with Crippen LogP contribution in [-0.4, -0.2) is 54.7 Å². The molecule has 0 spiro atoms. The summed E-state index contributed by atoms with van der Waals surface area (Å²) in [6.45, 7) is 3.95. The van der Waals surface area contributed by atoms with Crippen molar-refractivity contribution in [2.75, 3.05) is 26.8 Å². The minimum absolute atomic E-state index is 0.0784. The largest absolute Gasteiger partial charge is 0.497 e. The molecule has 1 N–H and O–H groups in total. The van der Waals surface area contributed by atoms with Crippen LogP contribution in [0, 0.1) is 6.92 Å². The van der Waals surface area contributed by atoms with Gasteiger partial charge in [0.15, 0.2) is 0 Å². The molecule has 1 aliphatic rings. The third kappa shape index (κ3) is 6.59. The molecule has 178 valence electrons. The summed E-state index contributed by atoms with van der Waals surface area (Å²) in [4.78, 5) is 7.96. The predicted octanol–water partition coefficient (Wildman–Crippen LogP) is 4.44. The van der Waals surface area contributed by atoms with Crippen molar-refractivity contribution in [2.45, 2.75) is 32.1 Å². The van der Waals surface area contributed by atoms with Crippen LogP contribution in [0.4, 0.5) is 0 Å². The number of hydrogen-bond donors (Lipinski definition) is 1. The number of hydrogen-bond acceptors (Lipinski definition) is 6. The number of aryl methyl sites for hydroxylation is 1. The molecule has 3 aromatic carbocycles. The fraction of sp³-hybridized carbons (Fsp3) is 0.321. The van der Waals surface area contributed by atoms with E-state index in [1.807, 2.05) is 79.7 Å². The number of aliphatic hydroxyl groups excluding tert-OH is 1. The molecule has 0 bridgehead atoms. The van der Waals surface area contributed by atoms with Crippen molar-refractivity contribution in [3.05, 3.63) is 95.6 Å². The molecule has 0 saturated carbocycles. The van der Waals surface area contributed by atoms with Crippen LogP contribution in [0.1, 0.15) is 23.1 Å². The van der Waals surface area contributed by atoms with Crippen molar-refractivity contribution in [3.63, 3.8) is 0 Å². The highest BCUT2D eigenvalue weighted by molar-refractivity contribution is 6.01. The Hall–Kier alpha value is -3.35. The fourth-order valence-electron chi connectivity index (χ4n) is 4.10. The van der Waals surface area contributed by atoms with E-state index in [1.165, 1.54) is 0 Å². The van der Waals surface area contributed by atoms with Crippen molar-refractivity contribution in [1.29, 1.82) is 0 Å². The van der Waals surface area contributed by atoms with Crippen LogP contribution in [0.5, 0.6) is 11.5 Å². The van der Waals surface area contributed by atoms with Gasteiger partial charge < -0.3 is 19.4 Å². The van der Waals surface area contributed by atoms with Crippen LogP contribution in [0.25, 0.3) is 0 Å². The highest BCUT2D eigenvalue weighted by Gasteiger charge is 2.26. The van der Waals surface area contributed by atoms with E-state index in [-0.39, 0.29) is 12.7 Å². The molecular weight excluding hydrogens is 428 g/mol.